The molecule has 0 unspecified atom stereocenters. The molecule has 3 rings (SSSR count). The first kappa shape index (κ1) is 20.0. The van der Waals surface area contributed by atoms with E-state index in [4.69, 9.17) is 9.26 Å². The maximum absolute atomic E-state index is 12.6. The Bertz CT molecular complexity index is 820. The van der Waals surface area contributed by atoms with E-state index < -0.39 is 0 Å². The lowest BCUT2D eigenvalue weighted by Gasteiger charge is -2.35. The van der Waals surface area contributed by atoms with Crippen molar-refractivity contribution in [2.45, 2.75) is 38.6 Å². The summed E-state index contributed by atoms with van der Waals surface area (Å²) in [6.45, 7) is 3.42. The second-order valence-electron chi connectivity index (χ2n) is 6.93. The minimum absolute atomic E-state index is 0.0237. The van der Waals surface area contributed by atoms with Gasteiger partial charge in [-0.05, 0) is 19.4 Å². The number of carbonyl (C=O) groups is 2. The fraction of sp³-hybridized carbons (Fsp3) is 0.500. The Morgan fingerprint density at radius 1 is 1.36 bits per heavy atom. The molecule has 1 N–H and O–H groups in total. The predicted molar refractivity (Wildman–Crippen MR) is 102 cm³/mol. The Morgan fingerprint density at radius 3 is 3.00 bits per heavy atom. The fourth-order valence-corrected chi connectivity index (χ4v) is 3.26. The normalized spacial score (nSPS) is 16.8. The summed E-state index contributed by atoms with van der Waals surface area (Å²) in [5.74, 6) is 1.01. The van der Waals surface area contributed by atoms with Gasteiger partial charge >= 0.3 is 0 Å². The van der Waals surface area contributed by atoms with Crippen LogP contribution in [0.25, 0.3) is 11.4 Å². The number of nitrogens with one attached hydrogen (secondary N) is 1. The summed E-state index contributed by atoms with van der Waals surface area (Å²) in [6.07, 6.45) is 1.77. The molecular weight excluding hydrogens is 360 g/mol. The molecule has 1 aromatic carbocycles. The number of morpholine rings is 1. The first-order chi connectivity index (χ1) is 13.6. The average Bonchev–Trinajstić information content (AvgIpc) is 3.17. The summed E-state index contributed by atoms with van der Waals surface area (Å²) >= 11 is 0. The number of aromatic nitrogens is 2. The zero-order valence-electron chi connectivity index (χ0n) is 16.3. The van der Waals surface area contributed by atoms with Gasteiger partial charge in [0.2, 0.25) is 23.5 Å². The van der Waals surface area contributed by atoms with Crippen molar-refractivity contribution in [1.29, 1.82) is 0 Å². The van der Waals surface area contributed by atoms with Crippen LogP contribution in [0.4, 0.5) is 0 Å². The molecule has 8 heteroatoms. The summed E-state index contributed by atoms with van der Waals surface area (Å²) < 4.78 is 10.7. The van der Waals surface area contributed by atoms with E-state index in [0.717, 1.165) is 11.1 Å². The van der Waals surface area contributed by atoms with Gasteiger partial charge in [-0.15, -0.1) is 0 Å². The number of amides is 2. The average molecular weight is 386 g/mol. The first-order valence-corrected chi connectivity index (χ1v) is 9.54. The van der Waals surface area contributed by atoms with Gasteiger partial charge in [0.25, 0.3) is 0 Å². The van der Waals surface area contributed by atoms with Crippen LogP contribution in [0.15, 0.2) is 28.8 Å². The summed E-state index contributed by atoms with van der Waals surface area (Å²) in [4.78, 5) is 30.4. The van der Waals surface area contributed by atoms with E-state index >= 15 is 0 Å². The number of nitrogens with zero attached hydrogens (tertiary/aromatic N) is 3. The number of hydrogen-bond acceptors (Lipinski definition) is 6. The van der Waals surface area contributed by atoms with E-state index in [1.165, 1.54) is 0 Å². The third-order valence-corrected chi connectivity index (χ3v) is 4.77. The van der Waals surface area contributed by atoms with Crippen molar-refractivity contribution < 1.29 is 18.8 Å². The van der Waals surface area contributed by atoms with Crippen LogP contribution in [0.1, 0.15) is 30.7 Å². The molecule has 150 valence electrons. The van der Waals surface area contributed by atoms with Crippen LogP contribution in [0.3, 0.4) is 0 Å². The standard InChI is InChI=1S/C20H26N4O4/c1-14-5-3-6-15(11-14)20-22-18(28-23-20)7-4-8-19(26)24-9-10-27-13-16(24)12-17(25)21-2/h3,5-6,11,16H,4,7-10,12-13H2,1-2H3,(H,21,25)/t16-/m0/s1. The fourth-order valence-electron chi connectivity index (χ4n) is 3.26. The van der Waals surface area contributed by atoms with E-state index in [9.17, 15) is 9.59 Å². The maximum atomic E-state index is 12.6. The zero-order valence-corrected chi connectivity index (χ0v) is 16.3. The van der Waals surface area contributed by atoms with Gasteiger partial charge in [0, 0.05) is 38.4 Å². The van der Waals surface area contributed by atoms with Crippen LogP contribution < -0.4 is 5.32 Å². The van der Waals surface area contributed by atoms with Crippen LogP contribution in [0.2, 0.25) is 0 Å². The monoisotopic (exact) mass is 386 g/mol. The molecule has 1 saturated heterocycles. The highest BCUT2D eigenvalue weighted by Gasteiger charge is 2.28. The number of benzene rings is 1. The first-order valence-electron chi connectivity index (χ1n) is 9.54. The molecule has 1 aliphatic rings. The highest BCUT2D eigenvalue weighted by atomic mass is 16.5. The predicted octanol–water partition coefficient (Wildman–Crippen LogP) is 1.73. The Morgan fingerprint density at radius 2 is 2.21 bits per heavy atom. The van der Waals surface area contributed by atoms with Crippen LogP contribution in [-0.2, 0) is 20.7 Å². The van der Waals surface area contributed by atoms with Crippen molar-refractivity contribution >= 4 is 11.8 Å². The number of aryl methyl sites for hydroxylation is 2. The summed E-state index contributed by atoms with van der Waals surface area (Å²) in [5, 5.41) is 6.62. The highest BCUT2D eigenvalue weighted by Crippen LogP contribution is 2.18. The van der Waals surface area contributed by atoms with Crippen LogP contribution in [0, 0.1) is 6.92 Å². The van der Waals surface area contributed by atoms with Crippen molar-refractivity contribution in [2.75, 3.05) is 26.8 Å². The molecule has 1 aromatic heterocycles. The Hall–Kier alpha value is -2.74. The van der Waals surface area contributed by atoms with Crippen molar-refractivity contribution in [3.63, 3.8) is 0 Å². The molecule has 0 aliphatic carbocycles. The van der Waals surface area contributed by atoms with E-state index in [2.05, 4.69) is 15.5 Å². The van der Waals surface area contributed by atoms with Gasteiger partial charge in [-0.1, -0.05) is 28.9 Å². The molecule has 0 spiro atoms. The number of rotatable bonds is 7. The Balaban J connectivity index is 1.51. The van der Waals surface area contributed by atoms with Gasteiger partial charge in [-0.2, -0.15) is 4.98 Å². The topological polar surface area (TPSA) is 97.6 Å². The van der Waals surface area contributed by atoms with E-state index in [0.29, 0.717) is 50.7 Å². The quantitative estimate of drug-likeness (QED) is 0.778. The molecule has 2 aromatic rings. The molecule has 8 nitrogen and oxygen atoms in total. The van der Waals surface area contributed by atoms with Crippen molar-refractivity contribution in [3.8, 4) is 11.4 Å². The Kier molecular flexibility index (Phi) is 6.76. The minimum Gasteiger partial charge on any atom is -0.377 e. The smallest absolute Gasteiger partial charge is 0.226 e. The molecule has 0 saturated carbocycles. The highest BCUT2D eigenvalue weighted by molar-refractivity contribution is 5.79. The minimum atomic E-state index is -0.211. The van der Waals surface area contributed by atoms with Crippen LogP contribution in [0.5, 0.6) is 0 Å². The molecule has 0 radical (unpaired) electrons. The van der Waals surface area contributed by atoms with E-state index in [1.807, 2.05) is 31.2 Å². The van der Waals surface area contributed by atoms with Gasteiger partial charge < -0.3 is 19.5 Å². The number of ether oxygens (including phenoxy) is 1. The van der Waals surface area contributed by atoms with Gasteiger partial charge in [0.1, 0.15) is 0 Å². The summed E-state index contributed by atoms with van der Waals surface area (Å²) in [7, 11) is 1.59. The van der Waals surface area contributed by atoms with Crippen LogP contribution >= 0.6 is 0 Å². The van der Waals surface area contributed by atoms with E-state index in [1.54, 1.807) is 11.9 Å². The Labute approximate surface area is 164 Å². The van der Waals surface area contributed by atoms with Gasteiger partial charge in [0.05, 0.1) is 19.3 Å². The lowest BCUT2D eigenvalue weighted by atomic mass is 10.1. The number of hydrogen-bond donors (Lipinski definition) is 1. The number of carbonyl (C=O) groups excluding carboxylic acids is 2. The molecule has 28 heavy (non-hydrogen) atoms. The molecule has 0 bridgehead atoms. The second-order valence-corrected chi connectivity index (χ2v) is 6.93. The molecule has 1 aliphatic heterocycles. The maximum Gasteiger partial charge on any atom is 0.226 e. The molecular formula is C20H26N4O4. The van der Waals surface area contributed by atoms with Gasteiger partial charge in [-0.3, -0.25) is 9.59 Å². The van der Waals surface area contributed by atoms with Crippen molar-refractivity contribution in [1.82, 2.24) is 20.4 Å². The molecule has 1 fully saturated rings. The summed E-state index contributed by atoms with van der Waals surface area (Å²) in [6, 6.07) is 7.70. The lowest BCUT2D eigenvalue weighted by molar-refractivity contribution is -0.141. The molecule has 2 heterocycles. The third-order valence-electron chi connectivity index (χ3n) is 4.77. The van der Waals surface area contributed by atoms with E-state index in [-0.39, 0.29) is 24.3 Å². The van der Waals surface area contributed by atoms with Crippen LogP contribution in [-0.4, -0.2) is 59.7 Å². The third kappa shape index (κ3) is 5.16. The SMILES string of the molecule is CNC(=O)C[C@H]1COCCN1C(=O)CCCc1nc(-c2cccc(C)c2)no1. The van der Waals surface area contributed by atoms with Crippen molar-refractivity contribution in [2.24, 2.45) is 0 Å². The molecule has 2 amide bonds. The largest absolute Gasteiger partial charge is 0.377 e. The second kappa shape index (κ2) is 9.45. The molecule has 1 atom stereocenters. The van der Waals surface area contributed by atoms with Gasteiger partial charge in [0.15, 0.2) is 0 Å². The zero-order chi connectivity index (χ0) is 19.9. The van der Waals surface area contributed by atoms with Crippen molar-refractivity contribution in [3.05, 3.63) is 35.7 Å². The summed E-state index contributed by atoms with van der Waals surface area (Å²) in [5.41, 5.74) is 2.04. The van der Waals surface area contributed by atoms with Gasteiger partial charge in [-0.25, -0.2) is 0 Å². The lowest BCUT2D eigenvalue weighted by Crippen LogP contribution is -2.50.